The number of likely N-dealkylation sites (N-methyl/N-ethyl adjacent to an activating group) is 1. The highest BCUT2D eigenvalue weighted by Crippen LogP contribution is 2.20. The lowest BCUT2D eigenvalue weighted by Crippen LogP contribution is -2.19. The van der Waals surface area contributed by atoms with Crippen LogP contribution in [-0.4, -0.2) is 23.2 Å². The Hall–Kier alpha value is -1.46. The molecule has 1 N–H and O–H groups in total. The van der Waals surface area contributed by atoms with Crippen molar-refractivity contribution < 1.29 is 8.91 Å². The Labute approximate surface area is 122 Å². The summed E-state index contributed by atoms with van der Waals surface area (Å²) in [5.74, 6) is 0.717. The van der Waals surface area contributed by atoms with Crippen LogP contribution in [0, 0.1) is 5.82 Å². The highest BCUT2D eigenvalue weighted by molar-refractivity contribution is 6.30. The molecule has 0 bridgehead atoms. The maximum absolute atomic E-state index is 13.8. The van der Waals surface area contributed by atoms with Crippen molar-refractivity contribution in [2.24, 2.45) is 0 Å². The molecule has 1 aromatic heterocycles. The fourth-order valence-electron chi connectivity index (χ4n) is 1.84. The third-order valence-electron chi connectivity index (χ3n) is 2.99. The first kappa shape index (κ1) is 14.9. The molecule has 2 rings (SSSR count). The molecule has 0 fully saturated rings. The van der Waals surface area contributed by atoms with Crippen LogP contribution < -0.4 is 5.32 Å². The molecule has 4 nitrogen and oxygen atoms in total. The van der Waals surface area contributed by atoms with E-state index in [1.807, 2.05) is 13.8 Å². The molecule has 1 atom stereocenters. The van der Waals surface area contributed by atoms with E-state index in [0.717, 1.165) is 13.1 Å². The maximum Gasteiger partial charge on any atom is 0.230 e. The quantitative estimate of drug-likeness (QED) is 0.890. The van der Waals surface area contributed by atoms with Crippen molar-refractivity contribution in [2.75, 3.05) is 13.1 Å². The molecule has 0 aliphatic rings. The van der Waals surface area contributed by atoms with Gasteiger partial charge in [-0.15, -0.1) is 0 Å². The van der Waals surface area contributed by atoms with E-state index in [-0.39, 0.29) is 17.4 Å². The Balaban J connectivity index is 2.07. The molecule has 0 saturated heterocycles. The van der Waals surface area contributed by atoms with E-state index in [2.05, 4.69) is 15.5 Å². The lowest BCUT2D eigenvalue weighted by atomic mass is 10.1. The van der Waals surface area contributed by atoms with Crippen LogP contribution in [0.25, 0.3) is 0 Å². The zero-order valence-corrected chi connectivity index (χ0v) is 12.2. The molecule has 0 aliphatic carbocycles. The fourth-order valence-corrected chi connectivity index (χ4v) is 2.04. The number of nitrogens with one attached hydrogen (secondary N) is 1. The lowest BCUT2D eigenvalue weighted by molar-refractivity contribution is 0.351. The van der Waals surface area contributed by atoms with Gasteiger partial charge in [-0.3, -0.25) is 0 Å². The summed E-state index contributed by atoms with van der Waals surface area (Å²) in [5.41, 5.74) is 0.462. The minimum atomic E-state index is -0.429. The minimum Gasteiger partial charge on any atom is -0.339 e. The van der Waals surface area contributed by atoms with E-state index in [4.69, 9.17) is 16.1 Å². The van der Waals surface area contributed by atoms with Gasteiger partial charge in [0.25, 0.3) is 0 Å². The third-order valence-corrected chi connectivity index (χ3v) is 3.28. The van der Waals surface area contributed by atoms with E-state index < -0.39 is 5.82 Å². The smallest absolute Gasteiger partial charge is 0.230 e. The van der Waals surface area contributed by atoms with Crippen LogP contribution in [0.3, 0.4) is 0 Å². The first-order valence-corrected chi connectivity index (χ1v) is 6.95. The molecule has 0 radical (unpaired) electrons. The number of halogens is 2. The van der Waals surface area contributed by atoms with Crippen molar-refractivity contribution in [3.8, 4) is 0 Å². The largest absolute Gasteiger partial charge is 0.339 e. The fraction of sp³-hybridized carbons (Fsp3) is 0.429. The van der Waals surface area contributed by atoms with Crippen molar-refractivity contribution in [1.82, 2.24) is 15.5 Å². The van der Waals surface area contributed by atoms with E-state index in [0.29, 0.717) is 17.3 Å². The average Bonchev–Trinajstić information content (AvgIpc) is 2.90. The van der Waals surface area contributed by atoms with Crippen LogP contribution in [0.5, 0.6) is 0 Å². The van der Waals surface area contributed by atoms with Crippen molar-refractivity contribution in [1.29, 1.82) is 0 Å². The van der Waals surface area contributed by atoms with Crippen LogP contribution >= 0.6 is 11.6 Å². The van der Waals surface area contributed by atoms with E-state index >= 15 is 0 Å². The minimum absolute atomic E-state index is 0.103. The molecule has 0 aliphatic heterocycles. The molecule has 20 heavy (non-hydrogen) atoms. The Bertz CT molecular complexity index is 573. The van der Waals surface area contributed by atoms with Gasteiger partial charge in [0, 0.05) is 18.9 Å². The monoisotopic (exact) mass is 297 g/mol. The van der Waals surface area contributed by atoms with Crippen LogP contribution in [0.1, 0.15) is 37.0 Å². The molecule has 2 aromatic rings. The number of hydrogen-bond acceptors (Lipinski definition) is 4. The topological polar surface area (TPSA) is 51.0 Å². The summed E-state index contributed by atoms with van der Waals surface area (Å²) in [7, 11) is 0. The average molecular weight is 298 g/mol. The van der Waals surface area contributed by atoms with Crippen LogP contribution in [0.4, 0.5) is 4.39 Å². The van der Waals surface area contributed by atoms with E-state index in [1.54, 1.807) is 12.1 Å². The zero-order valence-electron chi connectivity index (χ0n) is 11.5. The molecule has 0 saturated carbocycles. The van der Waals surface area contributed by atoms with Gasteiger partial charge in [0.1, 0.15) is 5.82 Å². The summed E-state index contributed by atoms with van der Waals surface area (Å²) >= 11 is 5.75. The highest BCUT2D eigenvalue weighted by Gasteiger charge is 2.15. The van der Waals surface area contributed by atoms with Gasteiger partial charge < -0.3 is 9.84 Å². The SMILES string of the molecule is CCNCC(C)c1nc(Cc2cccc(Cl)c2F)no1. The first-order chi connectivity index (χ1) is 9.61. The molecule has 6 heteroatoms. The van der Waals surface area contributed by atoms with Crippen molar-refractivity contribution in [3.63, 3.8) is 0 Å². The van der Waals surface area contributed by atoms with Gasteiger partial charge in [-0.05, 0) is 18.2 Å². The van der Waals surface area contributed by atoms with Crippen LogP contribution in [0.15, 0.2) is 22.7 Å². The van der Waals surface area contributed by atoms with E-state index in [9.17, 15) is 4.39 Å². The number of hydrogen-bond donors (Lipinski definition) is 1. The molecule has 0 amide bonds. The van der Waals surface area contributed by atoms with E-state index in [1.165, 1.54) is 6.07 Å². The summed E-state index contributed by atoms with van der Waals surface area (Å²) in [5, 5.41) is 7.21. The normalized spacial score (nSPS) is 12.6. The van der Waals surface area contributed by atoms with Crippen LogP contribution in [0.2, 0.25) is 5.02 Å². The molecule has 1 heterocycles. The van der Waals surface area contributed by atoms with Crippen molar-refractivity contribution >= 4 is 11.6 Å². The predicted octanol–water partition coefficient (Wildman–Crippen LogP) is 3.17. The third kappa shape index (κ3) is 3.55. The van der Waals surface area contributed by atoms with Gasteiger partial charge in [0.15, 0.2) is 5.82 Å². The molecular formula is C14H17ClFN3O. The Morgan fingerprint density at radius 2 is 2.25 bits per heavy atom. The second-order valence-corrected chi connectivity index (χ2v) is 5.05. The Morgan fingerprint density at radius 3 is 3.00 bits per heavy atom. The van der Waals surface area contributed by atoms with Gasteiger partial charge >= 0.3 is 0 Å². The van der Waals surface area contributed by atoms with Crippen molar-refractivity contribution in [3.05, 3.63) is 46.3 Å². The Morgan fingerprint density at radius 1 is 1.45 bits per heavy atom. The molecular weight excluding hydrogens is 281 g/mol. The summed E-state index contributed by atoms with van der Waals surface area (Å²) in [6.07, 6.45) is 0.268. The Kier molecular flexibility index (Phi) is 5.09. The first-order valence-electron chi connectivity index (χ1n) is 6.58. The summed E-state index contributed by atoms with van der Waals surface area (Å²) in [4.78, 5) is 4.30. The standard InChI is InChI=1S/C14H17ClFN3O/c1-3-17-8-9(2)14-18-12(19-20-14)7-10-5-4-6-11(15)13(10)16/h4-6,9,17H,3,7-8H2,1-2H3. The summed E-state index contributed by atoms with van der Waals surface area (Å²) in [6, 6.07) is 4.88. The number of rotatable bonds is 6. The van der Waals surface area contributed by atoms with Gasteiger partial charge in [-0.1, -0.05) is 42.7 Å². The number of benzene rings is 1. The second kappa shape index (κ2) is 6.81. The highest BCUT2D eigenvalue weighted by atomic mass is 35.5. The summed E-state index contributed by atoms with van der Waals surface area (Å²) < 4.78 is 19.0. The number of aromatic nitrogens is 2. The van der Waals surface area contributed by atoms with Gasteiger partial charge in [-0.2, -0.15) is 4.98 Å². The summed E-state index contributed by atoms with van der Waals surface area (Å²) in [6.45, 7) is 5.69. The number of nitrogens with zero attached hydrogens (tertiary/aromatic N) is 2. The van der Waals surface area contributed by atoms with Gasteiger partial charge in [0.05, 0.1) is 5.02 Å². The molecule has 0 spiro atoms. The molecule has 1 unspecified atom stereocenters. The van der Waals surface area contributed by atoms with Crippen molar-refractivity contribution in [2.45, 2.75) is 26.2 Å². The van der Waals surface area contributed by atoms with Gasteiger partial charge in [-0.25, -0.2) is 4.39 Å². The molecule has 108 valence electrons. The van der Waals surface area contributed by atoms with Crippen LogP contribution in [-0.2, 0) is 6.42 Å². The zero-order chi connectivity index (χ0) is 14.5. The predicted molar refractivity (Wildman–Crippen MR) is 75.5 cm³/mol. The lowest BCUT2D eigenvalue weighted by Gasteiger charge is -2.05. The second-order valence-electron chi connectivity index (χ2n) is 4.65. The van der Waals surface area contributed by atoms with Gasteiger partial charge in [0.2, 0.25) is 5.89 Å². The maximum atomic E-state index is 13.8. The molecule has 1 aromatic carbocycles.